The highest BCUT2D eigenvalue weighted by atomic mass is 32.2. The molecule has 0 fully saturated rings. The summed E-state index contributed by atoms with van der Waals surface area (Å²) >= 11 is 1.50. The molecule has 114 valence electrons. The van der Waals surface area contributed by atoms with Gasteiger partial charge in [0.25, 0.3) is 0 Å². The third kappa shape index (κ3) is 2.75. The molecule has 0 bridgehead atoms. The smallest absolute Gasteiger partial charge is 0.242 e. The van der Waals surface area contributed by atoms with E-state index in [-0.39, 0.29) is 6.04 Å². The first kappa shape index (κ1) is 14.7. The molecule has 8 heteroatoms. The number of sulfonamides is 1. The van der Waals surface area contributed by atoms with E-state index < -0.39 is 10.0 Å². The first-order chi connectivity index (χ1) is 9.87. The number of hydrogen-bond donors (Lipinski definition) is 1. The van der Waals surface area contributed by atoms with Crippen molar-refractivity contribution in [3.8, 4) is 0 Å². The van der Waals surface area contributed by atoms with Gasteiger partial charge < -0.3 is 0 Å². The van der Waals surface area contributed by atoms with Crippen LogP contribution in [0.25, 0.3) is 0 Å². The Balaban J connectivity index is 1.92. The summed E-state index contributed by atoms with van der Waals surface area (Å²) < 4.78 is 29.8. The maximum Gasteiger partial charge on any atom is 0.242 e. The van der Waals surface area contributed by atoms with Crippen molar-refractivity contribution in [2.75, 3.05) is 0 Å². The van der Waals surface area contributed by atoms with E-state index in [1.807, 2.05) is 20.8 Å². The molecule has 2 aromatic rings. The fraction of sp³-hybridized carbons (Fsp3) is 0.538. The average molecular weight is 326 g/mol. The van der Waals surface area contributed by atoms with Crippen LogP contribution in [-0.2, 0) is 16.6 Å². The van der Waals surface area contributed by atoms with Crippen LogP contribution < -0.4 is 4.72 Å². The number of hydrogen-bond acceptors (Lipinski definition) is 5. The van der Waals surface area contributed by atoms with Crippen molar-refractivity contribution in [3.63, 3.8) is 0 Å². The maximum absolute atomic E-state index is 12.6. The van der Waals surface area contributed by atoms with Gasteiger partial charge >= 0.3 is 0 Å². The monoisotopic (exact) mass is 326 g/mol. The molecule has 1 aliphatic heterocycles. The van der Waals surface area contributed by atoms with Crippen molar-refractivity contribution in [3.05, 3.63) is 27.5 Å². The fourth-order valence-electron chi connectivity index (χ4n) is 2.71. The summed E-state index contributed by atoms with van der Waals surface area (Å²) in [6.07, 6.45) is 1.64. The van der Waals surface area contributed by atoms with Gasteiger partial charge in [-0.05, 0) is 39.7 Å². The van der Waals surface area contributed by atoms with Crippen LogP contribution in [0.2, 0.25) is 0 Å². The summed E-state index contributed by atoms with van der Waals surface area (Å²) in [6.45, 7) is 6.37. The van der Waals surface area contributed by atoms with Gasteiger partial charge in [-0.3, -0.25) is 0 Å². The average Bonchev–Trinajstić information content (AvgIpc) is 2.92. The van der Waals surface area contributed by atoms with E-state index in [4.69, 9.17) is 0 Å². The van der Waals surface area contributed by atoms with Gasteiger partial charge in [0, 0.05) is 16.3 Å². The van der Waals surface area contributed by atoms with Gasteiger partial charge in [0.2, 0.25) is 10.0 Å². The molecule has 1 unspecified atom stereocenters. The molecule has 21 heavy (non-hydrogen) atoms. The van der Waals surface area contributed by atoms with Gasteiger partial charge in [-0.25, -0.2) is 22.8 Å². The minimum atomic E-state index is -3.52. The highest BCUT2D eigenvalue weighted by Gasteiger charge is 2.29. The number of fused-ring (bicyclic) bond motifs is 1. The first-order valence-electron chi connectivity index (χ1n) is 6.87. The predicted octanol–water partition coefficient (Wildman–Crippen LogP) is 2.08. The van der Waals surface area contributed by atoms with Gasteiger partial charge in [0.15, 0.2) is 0 Å². The van der Waals surface area contributed by atoms with Crippen LogP contribution in [0.1, 0.15) is 40.3 Å². The second kappa shape index (κ2) is 5.19. The molecular formula is C13H18N4O2S2. The topological polar surface area (TPSA) is 76.9 Å². The molecule has 6 nitrogen and oxygen atoms in total. The SMILES string of the molecule is Cc1nc2n(n1)CCCC2NS(=O)(=O)c1cc(C)sc1C. The van der Waals surface area contributed by atoms with E-state index in [0.717, 1.165) is 29.1 Å². The van der Waals surface area contributed by atoms with Crippen molar-refractivity contribution in [2.24, 2.45) is 0 Å². The molecule has 1 atom stereocenters. The molecule has 0 aromatic carbocycles. The molecule has 2 aromatic heterocycles. The highest BCUT2D eigenvalue weighted by Crippen LogP contribution is 2.29. The number of aromatic nitrogens is 3. The Morgan fingerprint density at radius 1 is 1.38 bits per heavy atom. The second-order valence-electron chi connectivity index (χ2n) is 5.33. The van der Waals surface area contributed by atoms with Crippen LogP contribution in [0, 0.1) is 20.8 Å². The Morgan fingerprint density at radius 2 is 2.14 bits per heavy atom. The molecule has 3 heterocycles. The van der Waals surface area contributed by atoms with E-state index in [1.54, 1.807) is 10.7 Å². The van der Waals surface area contributed by atoms with Gasteiger partial charge in [-0.1, -0.05) is 0 Å². The molecule has 3 rings (SSSR count). The molecule has 1 aliphatic rings. The minimum absolute atomic E-state index is 0.301. The zero-order valence-electron chi connectivity index (χ0n) is 12.3. The standard InChI is InChI=1S/C13H18N4O2S2/c1-8-7-12(9(2)20-8)21(18,19)16-11-5-4-6-17-13(11)14-10(3)15-17/h7,11,16H,4-6H2,1-3H3. The number of nitrogens with zero attached hydrogens (tertiary/aromatic N) is 3. The van der Waals surface area contributed by atoms with E-state index in [9.17, 15) is 8.42 Å². The molecule has 0 saturated heterocycles. The molecule has 0 amide bonds. The van der Waals surface area contributed by atoms with Crippen LogP contribution in [0.5, 0.6) is 0 Å². The van der Waals surface area contributed by atoms with E-state index >= 15 is 0 Å². The summed E-state index contributed by atoms with van der Waals surface area (Å²) in [7, 11) is -3.52. The molecule has 0 aliphatic carbocycles. The lowest BCUT2D eigenvalue weighted by Gasteiger charge is -2.22. The van der Waals surface area contributed by atoms with Crippen molar-refractivity contribution < 1.29 is 8.42 Å². The van der Waals surface area contributed by atoms with Gasteiger partial charge in [-0.2, -0.15) is 5.10 Å². The summed E-state index contributed by atoms with van der Waals surface area (Å²) in [4.78, 5) is 6.55. The number of rotatable bonds is 3. The Labute approximate surface area is 128 Å². The Bertz CT molecular complexity index is 776. The summed E-state index contributed by atoms with van der Waals surface area (Å²) in [5.74, 6) is 1.39. The van der Waals surface area contributed by atoms with Gasteiger partial charge in [0.1, 0.15) is 11.6 Å². The van der Waals surface area contributed by atoms with Crippen molar-refractivity contribution in [2.45, 2.75) is 51.1 Å². The molecule has 0 spiro atoms. The summed E-state index contributed by atoms with van der Waals surface area (Å²) in [5.41, 5.74) is 0. The van der Waals surface area contributed by atoms with E-state index in [0.29, 0.717) is 16.5 Å². The van der Waals surface area contributed by atoms with Crippen LogP contribution >= 0.6 is 11.3 Å². The van der Waals surface area contributed by atoms with Crippen molar-refractivity contribution in [1.29, 1.82) is 0 Å². The number of thiophene rings is 1. The Morgan fingerprint density at radius 3 is 2.81 bits per heavy atom. The highest BCUT2D eigenvalue weighted by molar-refractivity contribution is 7.89. The van der Waals surface area contributed by atoms with E-state index in [1.165, 1.54) is 11.3 Å². The summed E-state index contributed by atoms with van der Waals surface area (Å²) in [6, 6.07) is 1.42. The first-order valence-corrected chi connectivity index (χ1v) is 9.17. The normalized spacial score (nSPS) is 18.7. The zero-order valence-corrected chi connectivity index (χ0v) is 13.9. The Hall–Kier alpha value is -1.25. The van der Waals surface area contributed by atoms with Crippen LogP contribution in [-0.4, -0.2) is 23.2 Å². The predicted molar refractivity (Wildman–Crippen MR) is 80.8 cm³/mol. The maximum atomic E-state index is 12.6. The molecule has 0 saturated carbocycles. The van der Waals surface area contributed by atoms with Gasteiger partial charge in [0.05, 0.1) is 10.9 Å². The Kier molecular flexibility index (Phi) is 3.62. The minimum Gasteiger partial charge on any atom is -0.248 e. The lowest BCUT2D eigenvalue weighted by atomic mass is 10.1. The fourth-order valence-corrected chi connectivity index (χ4v) is 5.49. The lowest BCUT2D eigenvalue weighted by Crippen LogP contribution is -2.33. The largest absolute Gasteiger partial charge is 0.248 e. The second-order valence-corrected chi connectivity index (χ2v) is 8.48. The van der Waals surface area contributed by atoms with Crippen LogP contribution in [0.4, 0.5) is 0 Å². The van der Waals surface area contributed by atoms with E-state index in [2.05, 4.69) is 14.8 Å². The van der Waals surface area contributed by atoms with Crippen molar-refractivity contribution >= 4 is 21.4 Å². The quantitative estimate of drug-likeness (QED) is 0.937. The molecule has 1 N–H and O–H groups in total. The zero-order chi connectivity index (χ0) is 15.2. The third-order valence-corrected chi connectivity index (χ3v) is 6.26. The molecule has 0 radical (unpaired) electrons. The summed E-state index contributed by atoms with van der Waals surface area (Å²) in [5, 5.41) is 4.30. The van der Waals surface area contributed by atoms with Crippen LogP contribution in [0.15, 0.2) is 11.0 Å². The number of nitrogens with one attached hydrogen (secondary N) is 1. The number of aryl methyl sites for hydroxylation is 4. The molecular weight excluding hydrogens is 308 g/mol. The third-order valence-electron chi connectivity index (χ3n) is 3.56. The van der Waals surface area contributed by atoms with Crippen LogP contribution in [0.3, 0.4) is 0 Å². The van der Waals surface area contributed by atoms with Gasteiger partial charge in [-0.15, -0.1) is 11.3 Å². The lowest BCUT2D eigenvalue weighted by molar-refractivity contribution is 0.399. The van der Waals surface area contributed by atoms with Crippen molar-refractivity contribution in [1.82, 2.24) is 19.5 Å².